The molecule has 11 heavy (non-hydrogen) atoms. The predicted molar refractivity (Wildman–Crippen MR) is 40.5 cm³/mol. The van der Waals surface area contributed by atoms with E-state index in [1.807, 2.05) is 6.07 Å². The van der Waals surface area contributed by atoms with Gasteiger partial charge >= 0.3 is 0 Å². The monoisotopic (exact) mass is 146 g/mol. The number of nitrogens with zero attached hydrogens (tertiary/aromatic N) is 1. The fourth-order valence-corrected chi connectivity index (χ4v) is 1.02. The smallest absolute Gasteiger partial charge is 0.220 e. The molecule has 1 aromatic heterocycles. The van der Waals surface area contributed by atoms with Gasteiger partial charge in [0.15, 0.2) is 0 Å². The Kier molecular flexibility index (Phi) is 1.32. The number of hydrogen-bond donors (Lipinski definition) is 0. The van der Waals surface area contributed by atoms with Gasteiger partial charge < -0.3 is 0 Å². The van der Waals surface area contributed by atoms with Crippen molar-refractivity contribution in [1.82, 2.24) is 4.98 Å². The Morgan fingerprint density at radius 1 is 1.27 bits per heavy atom. The molecule has 2 heteroatoms. The fourth-order valence-electron chi connectivity index (χ4n) is 1.02. The molecule has 1 radical (unpaired) electrons. The van der Waals surface area contributed by atoms with Crippen LogP contribution < -0.4 is 0 Å². The Bertz CT molecular complexity index is 379. The maximum atomic E-state index is 12.9. The molecule has 0 amide bonds. The van der Waals surface area contributed by atoms with Crippen LogP contribution in [0.1, 0.15) is 0 Å². The van der Waals surface area contributed by atoms with Crippen LogP contribution in [0.4, 0.5) is 4.39 Å². The second kappa shape index (κ2) is 2.31. The van der Waals surface area contributed by atoms with Gasteiger partial charge in [0.25, 0.3) is 0 Å². The summed E-state index contributed by atoms with van der Waals surface area (Å²) in [6.07, 6.45) is 1.34. The van der Waals surface area contributed by atoms with Crippen LogP contribution in [0.25, 0.3) is 10.8 Å². The van der Waals surface area contributed by atoms with Crippen molar-refractivity contribution in [1.29, 1.82) is 0 Å². The number of halogens is 1. The van der Waals surface area contributed by atoms with Crippen LogP contribution >= 0.6 is 0 Å². The molecule has 0 saturated heterocycles. The van der Waals surface area contributed by atoms with E-state index in [-0.39, 0.29) is 0 Å². The fraction of sp³-hybridized carbons (Fsp3) is 0. The maximum absolute atomic E-state index is 12.9. The minimum absolute atomic E-state index is 0.431. The number of benzene rings is 1. The quantitative estimate of drug-likeness (QED) is 0.519. The van der Waals surface area contributed by atoms with Crippen molar-refractivity contribution in [3.63, 3.8) is 0 Å². The summed E-state index contributed by atoms with van der Waals surface area (Å²) >= 11 is 0. The average molecular weight is 146 g/mol. The molecule has 0 aliphatic heterocycles. The van der Waals surface area contributed by atoms with Gasteiger partial charge in [0.05, 0.1) is 0 Å². The molecular formula is C9H5FN. The molecule has 0 aliphatic rings. The first-order chi connectivity index (χ1) is 5.38. The van der Waals surface area contributed by atoms with Crippen LogP contribution in [-0.4, -0.2) is 4.98 Å². The molecule has 0 aliphatic carbocycles. The van der Waals surface area contributed by atoms with E-state index in [1.165, 1.54) is 6.20 Å². The van der Waals surface area contributed by atoms with Gasteiger partial charge in [-0.2, -0.15) is 4.39 Å². The van der Waals surface area contributed by atoms with E-state index in [0.717, 1.165) is 5.39 Å². The zero-order chi connectivity index (χ0) is 7.68. The maximum Gasteiger partial charge on any atom is 0.220 e. The molecule has 0 N–H and O–H groups in total. The van der Waals surface area contributed by atoms with Crippen LogP contribution in [0.15, 0.2) is 30.5 Å². The predicted octanol–water partition coefficient (Wildman–Crippen LogP) is 2.17. The third kappa shape index (κ3) is 0.963. The lowest BCUT2D eigenvalue weighted by atomic mass is 10.2. The summed E-state index contributed by atoms with van der Waals surface area (Å²) in [7, 11) is 0. The topological polar surface area (TPSA) is 12.9 Å². The SMILES string of the molecule is Fc1nc[c]c2ccccc12. The summed E-state index contributed by atoms with van der Waals surface area (Å²) in [5.74, 6) is -0.431. The van der Waals surface area contributed by atoms with E-state index in [9.17, 15) is 4.39 Å². The lowest BCUT2D eigenvalue weighted by Gasteiger charge is -1.94. The third-order valence-electron chi connectivity index (χ3n) is 1.55. The van der Waals surface area contributed by atoms with E-state index in [4.69, 9.17) is 0 Å². The number of hydrogen-bond acceptors (Lipinski definition) is 1. The van der Waals surface area contributed by atoms with E-state index in [2.05, 4.69) is 11.1 Å². The lowest BCUT2D eigenvalue weighted by molar-refractivity contribution is 0.596. The Labute approximate surface area is 63.5 Å². The molecule has 0 unspecified atom stereocenters. The van der Waals surface area contributed by atoms with Crippen molar-refractivity contribution in [3.05, 3.63) is 42.5 Å². The Balaban J connectivity index is 2.91. The summed E-state index contributed by atoms with van der Waals surface area (Å²) in [4.78, 5) is 3.49. The minimum Gasteiger partial charge on any atom is -0.227 e. The summed E-state index contributed by atoms with van der Waals surface area (Å²) in [5.41, 5.74) is 0. The van der Waals surface area contributed by atoms with E-state index in [1.54, 1.807) is 18.2 Å². The van der Waals surface area contributed by atoms with Gasteiger partial charge in [-0.1, -0.05) is 18.2 Å². The normalized spacial score (nSPS) is 10.3. The van der Waals surface area contributed by atoms with Crippen LogP contribution in [0.3, 0.4) is 0 Å². The van der Waals surface area contributed by atoms with Crippen molar-refractivity contribution >= 4 is 10.8 Å². The molecule has 53 valence electrons. The molecule has 0 saturated carbocycles. The lowest BCUT2D eigenvalue weighted by Crippen LogP contribution is -1.82. The number of rotatable bonds is 0. The zero-order valence-corrected chi connectivity index (χ0v) is 5.71. The van der Waals surface area contributed by atoms with Crippen LogP contribution in [0.2, 0.25) is 0 Å². The molecule has 0 spiro atoms. The van der Waals surface area contributed by atoms with Gasteiger partial charge in [0.1, 0.15) is 0 Å². The summed E-state index contributed by atoms with van der Waals surface area (Å²) in [6, 6.07) is 9.96. The second-order valence-electron chi connectivity index (χ2n) is 2.24. The highest BCUT2D eigenvalue weighted by Gasteiger charge is 1.97. The van der Waals surface area contributed by atoms with Gasteiger partial charge in [-0.3, -0.25) is 0 Å². The summed E-state index contributed by atoms with van der Waals surface area (Å²) < 4.78 is 12.9. The summed E-state index contributed by atoms with van der Waals surface area (Å²) in [6.45, 7) is 0. The van der Waals surface area contributed by atoms with E-state index >= 15 is 0 Å². The molecule has 0 atom stereocenters. The molecule has 1 heterocycles. The van der Waals surface area contributed by atoms with Crippen molar-refractivity contribution in [2.75, 3.05) is 0 Å². The largest absolute Gasteiger partial charge is 0.227 e. The van der Waals surface area contributed by atoms with Gasteiger partial charge in [-0.25, -0.2) is 4.98 Å². The molecular weight excluding hydrogens is 141 g/mol. The van der Waals surface area contributed by atoms with Crippen molar-refractivity contribution in [2.45, 2.75) is 0 Å². The highest BCUT2D eigenvalue weighted by atomic mass is 19.1. The van der Waals surface area contributed by atoms with Gasteiger partial charge in [-0.05, 0) is 11.5 Å². The summed E-state index contributed by atoms with van der Waals surface area (Å²) in [5, 5.41) is 1.29. The highest BCUT2D eigenvalue weighted by molar-refractivity contribution is 5.81. The van der Waals surface area contributed by atoms with Gasteiger partial charge in [0, 0.05) is 17.6 Å². The Morgan fingerprint density at radius 2 is 2.09 bits per heavy atom. The number of fused-ring (bicyclic) bond motifs is 1. The third-order valence-corrected chi connectivity index (χ3v) is 1.55. The zero-order valence-electron chi connectivity index (χ0n) is 5.71. The molecule has 0 bridgehead atoms. The van der Waals surface area contributed by atoms with Crippen LogP contribution in [-0.2, 0) is 0 Å². The van der Waals surface area contributed by atoms with Crippen molar-refractivity contribution in [2.24, 2.45) is 0 Å². The van der Waals surface area contributed by atoms with Crippen LogP contribution in [0, 0.1) is 12.0 Å². The highest BCUT2D eigenvalue weighted by Crippen LogP contribution is 2.13. The van der Waals surface area contributed by atoms with Crippen molar-refractivity contribution in [3.8, 4) is 0 Å². The van der Waals surface area contributed by atoms with Crippen molar-refractivity contribution < 1.29 is 4.39 Å². The molecule has 2 rings (SSSR count). The average Bonchev–Trinajstić information content (AvgIpc) is 2.06. The standard InChI is InChI=1S/C9H5FN/c10-9-8-4-2-1-3-7(8)5-6-11-9/h1-4,6H. The molecule has 2 aromatic rings. The first-order valence-electron chi connectivity index (χ1n) is 3.29. The minimum atomic E-state index is -0.431. The van der Waals surface area contributed by atoms with Gasteiger partial charge in [0.2, 0.25) is 5.95 Å². The second-order valence-corrected chi connectivity index (χ2v) is 2.24. The van der Waals surface area contributed by atoms with Crippen LogP contribution in [0.5, 0.6) is 0 Å². The Hall–Kier alpha value is -1.44. The first kappa shape index (κ1) is 6.28. The number of pyridine rings is 1. The molecule has 0 fully saturated rings. The number of aromatic nitrogens is 1. The van der Waals surface area contributed by atoms with Gasteiger partial charge in [-0.15, -0.1) is 0 Å². The molecule has 1 nitrogen and oxygen atoms in total. The van der Waals surface area contributed by atoms with E-state index < -0.39 is 5.95 Å². The van der Waals surface area contributed by atoms with E-state index in [0.29, 0.717) is 5.39 Å². The molecule has 1 aromatic carbocycles. The Morgan fingerprint density at radius 3 is 2.91 bits per heavy atom. The first-order valence-corrected chi connectivity index (χ1v) is 3.29.